The van der Waals surface area contributed by atoms with Crippen molar-refractivity contribution in [2.45, 2.75) is 6.92 Å². The van der Waals surface area contributed by atoms with Gasteiger partial charge in [0.1, 0.15) is 11.6 Å². The Bertz CT molecular complexity index is 741. The highest BCUT2D eigenvalue weighted by Crippen LogP contribution is 2.29. The third kappa shape index (κ3) is 2.09. The molecule has 19 heavy (non-hydrogen) atoms. The van der Waals surface area contributed by atoms with Gasteiger partial charge in [0.05, 0.1) is 26.6 Å². The Hall–Kier alpha value is -1.58. The lowest BCUT2D eigenvalue weighted by Gasteiger charge is -2.01. The monoisotopic (exact) mass is 294 g/mol. The lowest BCUT2D eigenvalue weighted by atomic mass is 10.1. The summed E-state index contributed by atoms with van der Waals surface area (Å²) in [5, 5.41) is 0.867. The number of nitrogens with one attached hydrogen (secondary N) is 1. The van der Waals surface area contributed by atoms with Crippen molar-refractivity contribution in [2.75, 3.05) is 0 Å². The maximum Gasteiger partial charge on any atom is 0.141 e. The highest BCUT2D eigenvalue weighted by Gasteiger charge is 2.12. The molecular formula is C14H9Cl2FN2. The predicted octanol–water partition coefficient (Wildman–Crippen LogP) is 4.98. The molecule has 2 aromatic carbocycles. The van der Waals surface area contributed by atoms with Crippen LogP contribution >= 0.6 is 23.2 Å². The Labute approximate surface area is 119 Å². The minimum Gasteiger partial charge on any atom is -0.338 e. The fraction of sp³-hybridized carbons (Fsp3) is 0.0714. The van der Waals surface area contributed by atoms with Crippen LogP contribution < -0.4 is 0 Å². The number of aryl methyl sites for hydroxylation is 1. The van der Waals surface area contributed by atoms with Crippen LogP contribution in [0.25, 0.3) is 22.4 Å². The Kier molecular flexibility index (Phi) is 2.96. The molecule has 0 spiro atoms. The molecule has 96 valence electrons. The molecular weight excluding hydrogens is 286 g/mol. The largest absolute Gasteiger partial charge is 0.338 e. The summed E-state index contributed by atoms with van der Waals surface area (Å²) in [6.45, 7) is 1.72. The second kappa shape index (κ2) is 4.51. The predicted molar refractivity (Wildman–Crippen MR) is 76.2 cm³/mol. The maximum absolute atomic E-state index is 14.1. The molecule has 0 saturated carbocycles. The van der Waals surface area contributed by atoms with E-state index in [0.29, 0.717) is 32.5 Å². The molecule has 0 aliphatic carbocycles. The highest BCUT2D eigenvalue weighted by atomic mass is 35.5. The molecule has 0 bridgehead atoms. The van der Waals surface area contributed by atoms with Crippen LogP contribution in [-0.2, 0) is 0 Å². The van der Waals surface area contributed by atoms with E-state index in [0.717, 1.165) is 5.52 Å². The van der Waals surface area contributed by atoms with Crippen molar-refractivity contribution in [2.24, 2.45) is 0 Å². The van der Waals surface area contributed by atoms with E-state index in [1.165, 1.54) is 0 Å². The van der Waals surface area contributed by atoms with Crippen molar-refractivity contribution in [3.05, 3.63) is 51.8 Å². The molecule has 0 aliphatic rings. The number of halogens is 3. The summed E-state index contributed by atoms with van der Waals surface area (Å²) in [7, 11) is 0. The third-order valence-electron chi connectivity index (χ3n) is 2.97. The number of rotatable bonds is 1. The van der Waals surface area contributed by atoms with Gasteiger partial charge in [0.15, 0.2) is 0 Å². The Morgan fingerprint density at radius 3 is 2.68 bits per heavy atom. The average Bonchev–Trinajstić information content (AvgIpc) is 2.76. The number of hydrogen-bond donors (Lipinski definition) is 1. The zero-order valence-electron chi connectivity index (χ0n) is 9.97. The zero-order valence-corrected chi connectivity index (χ0v) is 11.5. The van der Waals surface area contributed by atoms with Gasteiger partial charge in [-0.1, -0.05) is 35.3 Å². The molecule has 3 rings (SSSR count). The van der Waals surface area contributed by atoms with Gasteiger partial charge in [0.2, 0.25) is 0 Å². The first-order chi connectivity index (χ1) is 9.06. The van der Waals surface area contributed by atoms with Crippen LogP contribution in [0.5, 0.6) is 0 Å². The van der Waals surface area contributed by atoms with Gasteiger partial charge in [0.25, 0.3) is 0 Å². The number of benzene rings is 2. The molecule has 0 fully saturated rings. The molecule has 1 heterocycles. The van der Waals surface area contributed by atoms with Gasteiger partial charge in [-0.25, -0.2) is 9.37 Å². The Morgan fingerprint density at radius 2 is 1.89 bits per heavy atom. The van der Waals surface area contributed by atoms with E-state index in [1.807, 2.05) is 0 Å². The minimum absolute atomic E-state index is 0.279. The van der Waals surface area contributed by atoms with Crippen molar-refractivity contribution >= 4 is 34.2 Å². The van der Waals surface area contributed by atoms with Gasteiger partial charge in [0, 0.05) is 0 Å². The van der Waals surface area contributed by atoms with Gasteiger partial charge in [-0.15, -0.1) is 0 Å². The third-order valence-corrected chi connectivity index (χ3v) is 3.69. The number of H-pyrrole nitrogens is 1. The molecule has 0 unspecified atom stereocenters. The molecule has 0 amide bonds. The number of aromatic nitrogens is 2. The molecule has 1 aromatic heterocycles. The van der Waals surface area contributed by atoms with E-state index >= 15 is 0 Å². The summed E-state index contributed by atoms with van der Waals surface area (Å²) in [6.07, 6.45) is 0. The van der Waals surface area contributed by atoms with Gasteiger partial charge in [-0.2, -0.15) is 0 Å². The first-order valence-electron chi connectivity index (χ1n) is 5.66. The number of aromatic amines is 1. The molecule has 0 aliphatic heterocycles. The van der Waals surface area contributed by atoms with E-state index in [-0.39, 0.29) is 5.82 Å². The van der Waals surface area contributed by atoms with Crippen LogP contribution in [0.2, 0.25) is 10.0 Å². The molecule has 0 atom stereocenters. The molecule has 3 aromatic rings. The SMILES string of the molecule is Cc1cccc(-c2nc3cc(Cl)c(Cl)cc3[nH]2)c1F. The summed E-state index contributed by atoms with van der Waals surface area (Å²) in [4.78, 5) is 7.40. The molecule has 2 nitrogen and oxygen atoms in total. The van der Waals surface area contributed by atoms with E-state index in [2.05, 4.69) is 9.97 Å². The van der Waals surface area contributed by atoms with Gasteiger partial charge in [-0.05, 0) is 30.7 Å². The van der Waals surface area contributed by atoms with Crippen molar-refractivity contribution in [3.63, 3.8) is 0 Å². The van der Waals surface area contributed by atoms with E-state index in [4.69, 9.17) is 23.2 Å². The lowest BCUT2D eigenvalue weighted by Crippen LogP contribution is -1.89. The van der Waals surface area contributed by atoms with Crippen molar-refractivity contribution in [1.82, 2.24) is 9.97 Å². The fourth-order valence-corrected chi connectivity index (χ4v) is 2.28. The summed E-state index contributed by atoms with van der Waals surface area (Å²) < 4.78 is 14.1. The van der Waals surface area contributed by atoms with Crippen LogP contribution in [0, 0.1) is 12.7 Å². The fourth-order valence-electron chi connectivity index (χ4n) is 1.96. The first kappa shape index (κ1) is 12.5. The maximum atomic E-state index is 14.1. The summed E-state index contributed by atoms with van der Waals surface area (Å²) in [5.74, 6) is 0.188. The number of imidazole rings is 1. The van der Waals surface area contributed by atoms with E-state index < -0.39 is 0 Å². The molecule has 5 heteroatoms. The van der Waals surface area contributed by atoms with Crippen LogP contribution in [0.15, 0.2) is 30.3 Å². The van der Waals surface area contributed by atoms with E-state index in [9.17, 15) is 4.39 Å². The van der Waals surface area contributed by atoms with Crippen molar-refractivity contribution in [1.29, 1.82) is 0 Å². The lowest BCUT2D eigenvalue weighted by molar-refractivity contribution is 0.621. The smallest absolute Gasteiger partial charge is 0.141 e. The van der Waals surface area contributed by atoms with Crippen molar-refractivity contribution < 1.29 is 4.39 Å². The number of nitrogens with zero attached hydrogens (tertiary/aromatic N) is 1. The van der Waals surface area contributed by atoms with Crippen molar-refractivity contribution in [3.8, 4) is 11.4 Å². The van der Waals surface area contributed by atoms with Crippen LogP contribution in [0.3, 0.4) is 0 Å². The molecule has 0 radical (unpaired) electrons. The first-order valence-corrected chi connectivity index (χ1v) is 6.42. The molecule has 0 saturated heterocycles. The average molecular weight is 295 g/mol. The van der Waals surface area contributed by atoms with Crippen LogP contribution in [-0.4, -0.2) is 9.97 Å². The summed E-state index contributed by atoms with van der Waals surface area (Å²) >= 11 is 11.9. The second-order valence-corrected chi connectivity index (χ2v) is 5.12. The van der Waals surface area contributed by atoms with Crippen LogP contribution in [0.1, 0.15) is 5.56 Å². The number of hydrogen-bond acceptors (Lipinski definition) is 1. The zero-order chi connectivity index (χ0) is 13.6. The topological polar surface area (TPSA) is 28.7 Å². The Balaban J connectivity index is 2.23. The summed E-state index contributed by atoms with van der Waals surface area (Å²) in [5.41, 5.74) is 2.40. The van der Waals surface area contributed by atoms with Crippen LogP contribution in [0.4, 0.5) is 4.39 Å². The van der Waals surface area contributed by atoms with Gasteiger partial charge < -0.3 is 4.98 Å². The summed E-state index contributed by atoms with van der Waals surface area (Å²) in [6, 6.07) is 8.54. The van der Waals surface area contributed by atoms with Gasteiger partial charge >= 0.3 is 0 Å². The molecule has 1 N–H and O–H groups in total. The normalized spacial score (nSPS) is 11.2. The van der Waals surface area contributed by atoms with Gasteiger partial charge in [-0.3, -0.25) is 0 Å². The highest BCUT2D eigenvalue weighted by molar-refractivity contribution is 6.42. The standard InChI is InChI=1S/C14H9Cl2FN2/c1-7-3-2-4-8(13(7)17)14-18-11-5-9(15)10(16)6-12(11)19-14/h2-6H,1H3,(H,18,19). The number of fused-ring (bicyclic) bond motifs is 1. The van der Waals surface area contributed by atoms with E-state index in [1.54, 1.807) is 37.3 Å². The Morgan fingerprint density at radius 1 is 1.16 bits per heavy atom. The quantitative estimate of drug-likeness (QED) is 0.673. The second-order valence-electron chi connectivity index (χ2n) is 4.31. The minimum atomic E-state index is -0.279.